The van der Waals surface area contributed by atoms with Gasteiger partial charge in [-0.3, -0.25) is 0 Å². The summed E-state index contributed by atoms with van der Waals surface area (Å²) < 4.78 is 12.8. The summed E-state index contributed by atoms with van der Waals surface area (Å²) in [6.45, 7) is 5.85. The van der Waals surface area contributed by atoms with Crippen LogP contribution in [0.2, 0.25) is 0 Å². The van der Waals surface area contributed by atoms with Crippen molar-refractivity contribution in [3.63, 3.8) is 0 Å². The second-order valence-electron chi connectivity index (χ2n) is 3.80. The van der Waals surface area contributed by atoms with E-state index in [2.05, 4.69) is 6.58 Å². The van der Waals surface area contributed by atoms with Gasteiger partial charge in [0.1, 0.15) is 5.82 Å². The van der Waals surface area contributed by atoms with Crippen LogP contribution < -0.4 is 0 Å². The van der Waals surface area contributed by atoms with Gasteiger partial charge in [-0.05, 0) is 37.0 Å². The lowest BCUT2D eigenvalue weighted by atomic mass is 10.0. The third-order valence-corrected chi connectivity index (χ3v) is 2.38. The second kappa shape index (κ2) is 5.66. The van der Waals surface area contributed by atoms with Gasteiger partial charge in [-0.2, -0.15) is 0 Å². The van der Waals surface area contributed by atoms with Crippen molar-refractivity contribution in [2.24, 2.45) is 0 Å². The Balaban J connectivity index is 2.51. The van der Waals surface area contributed by atoms with Crippen LogP contribution >= 0.6 is 0 Å². The van der Waals surface area contributed by atoms with Crippen molar-refractivity contribution < 1.29 is 9.50 Å². The molecule has 0 radical (unpaired) electrons. The first-order chi connectivity index (χ1) is 7.11. The largest absolute Gasteiger partial charge is 0.392 e. The quantitative estimate of drug-likeness (QED) is 0.737. The molecule has 1 aromatic carbocycles. The zero-order valence-corrected chi connectivity index (χ0v) is 9.04. The highest BCUT2D eigenvalue weighted by Gasteiger charge is 2.07. The first kappa shape index (κ1) is 11.9. The van der Waals surface area contributed by atoms with E-state index in [0.717, 1.165) is 17.6 Å². The van der Waals surface area contributed by atoms with Gasteiger partial charge in [-0.25, -0.2) is 4.39 Å². The van der Waals surface area contributed by atoms with Crippen LogP contribution in [0.3, 0.4) is 0 Å². The van der Waals surface area contributed by atoms with Gasteiger partial charge in [-0.1, -0.05) is 31.2 Å². The van der Waals surface area contributed by atoms with Crippen LogP contribution in [0, 0.1) is 5.82 Å². The lowest BCUT2D eigenvalue weighted by Gasteiger charge is -2.11. The molecule has 0 saturated heterocycles. The zero-order chi connectivity index (χ0) is 11.3. The summed E-state index contributed by atoms with van der Waals surface area (Å²) in [5, 5.41) is 9.71. The van der Waals surface area contributed by atoms with E-state index in [1.165, 1.54) is 12.1 Å². The smallest absolute Gasteiger partial charge is 0.123 e. The monoisotopic (exact) mass is 208 g/mol. The van der Waals surface area contributed by atoms with E-state index in [-0.39, 0.29) is 5.82 Å². The fraction of sp³-hybridized carbons (Fsp3) is 0.385. The molecule has 1 unspecified atom stereocenters. The third-order valence-electron chi connectivity index (χ3n) is 2.38. The van der Waals surface area contributed by atoms with E-state index in [9.17, 15) is 9.50 Å². The molecule has 1 N–H and O–H groups in total. The molecule has 0 aliphatic carbocycles. The predicted molar refractivity (Wildman–Crippen MR) is 60.2 cm³/mol. The van der Waals surface area contributed by atoms with Gasteiger partial charge in [0.2, 0.25) is 0 Å². The minimum Gasteiger partial charge on any atom is -0.392 e. The van der Waals surface area contributed by atoms with E-state index < -0.39 is 6.10 Å². The highest BCUT2D eigenvalue weighted by molar-refractivity contribution is 5.17. The van der Waals surface area contributed by atoms with Crippen molar-refractivity contribution in [2.45, 2.75) is 32.3 Å². The summed E-state index contributed by atoms with van der Waals surface area (Å²) in [6, 6.07) is 6.34. The Labute approximate surface area is 90.3 Å². The van der Waals surface area contributed by atoms with Crippen LogP contribution in [0.1, 0.15) is 25.3 Å². The molecular formula is C13H17FO. The maximum Gasteiger partial charge on any atom is 0.123 e. The third kappa shape index (κ3) is 4.26. The Morgan fingerprint density at radius 2 is 2.27 bits per heavy atom. The summed E-state index contributed by atoms with van der Waals surface area (Å²) in [6.07, 6.45) is 1.49. The van der Waals surface area contributed by atoms with E-state index in [1.807, 2.05) is 13.0 Å². The predicted octanol–water partition coefficient (Wildman–Crippen LogP) is 3.09. The molecule has 0 aliphatic heterocycles. The highest BCUT2D eigenvalue weighted by Crippen LogP contribution is 2.12. The van der Waals surface area contributed by atoms with Crippen LogP contribution in [-0.2, 0) is 6.42 Å². The minimum absolute atomic E-state index is 0.256. The summed E-state index contributed by atoms with van der Waals surface area (Å²) in [5.41, 5.74) is 1.85. The standard InChI is InChI=1S/C13H17FO/c1-3-10(2)7-13(15)9-11-5-4-6-12(14)8-11/h4-6,8,13,15H,2-3,7,9H2,1H3. The Kier molecular flexibility index (Phi) is 4.50. The highest BCUT2D eigenvalue weighted by atomic mass is 19.1. The first-order valence-electron chi connectivity index (χ1n) is 5.21. The van der Waals surface area contributed by atoms with Gasteiger partial charge in [0.05, 0.1) is 6.10 Å². The number of aliphatic hydroxyl groups is 1. The van der Waals surface area contributed by atoms with Crippen LogP contribution in [0.4, 0.5) is 4.39 Å². The summed E-state index contributed by atoms with van der Waals surface area (Å²) in [5.74, 6) is -0.256. The van der Waals surface area contributed by atoms with E-state index in [0.29, 0.717) is 12.8 Å². The average molecular weight is 208 g/mol. The molecule has 0 amide bonds. The van der Waals surface area contributed by atoms with Gasteiger partial charge in [0, 0.05) is 0 Å². The van der Waals surface area contributed by atoms with E-state index in [1.54, 1.807) is 6.07 Å². The number of hydrogen-bond acceptors (Lipinski definition) is 1. The van der Waals surface area contributed by atoms with Crippen LogP contribution in [0.5, 0.6) is 0 Å². The van der Waals surface area contributed by atoms with Gasteiger partial charge in [-0.15, -0.1) is 0 Å². The Bertz CT molecular complexity index is 333. The number of rotatable bonds is 5. The van der Waals surface area contributed by atoms with Crippen molar-refractivity contribution in [3.8, 4) is 0 Å². The fourth-order valence-electron chi connectivity index (χ4n) is 1.49. The summed E-state index contributed by atoms with van der Waals surface area (Å²) in [4.78, 5) is 0. The molecule has 0 aliphatic rings. The molecule has 0 heterocycles. The van der Waals surface area contributed by atoms with Crippen LogP contribution in [0.25, 0.3) is 0 Å². The van der Waals surface area contributed by atoms with Crippen molar-refractivity contribution in [1.82, 2.24) is 0 Å². The molecule has 0 fully saturated rings. The van der Waals surface area contributed by atoms with Crippen LogP contribution in [0.15, 0.2) is 36.4 Å². The molecule has 1 atom stereocenters. The van der Waals surface area contributed by atoms with Gasteiger partial charge < -0.3 is 5.11 Å². The molecule has 0 bridgehead atoms. The number of halogens is 1. The average Bonchev–Trinajstić information content (AvgIpc) is 2.17. The fourth-order valence-corrected chi connectivity index (χ4v) is 1.49. The van der Waals surface area contributed by atoms with Gasteiger partial charge in [0.15, 0.2) is 0 Å². The molecule has 1 aromatic rings. The molecule has 82 valence electrons. The zero-order valence-electron chi connectivity index (χ0n) is 9.04. The first-order valence-corrected chi connectivity index (χ1v) is 5.21. The molecule has 0 spiro atoms. The number of benzene rings is 1. The minimum atomic E-state index is -0.459. The van der Waals surface area contributed by atoms with Crippen molar-refractivity contribution in [1.29, 1.82) is 0 Å². The second-order valence-corrected chi connectivity index (χ2v) is 3.80. The maximum atomic E-state index is 12.8. The lowest BCUT2D eigenvalue weighted by Crippen LogP contribution is -2.11. The molecule has 0 saturated carbocycles. The lowest BCUT2D eigenvalue weighted by molar-refractivity contribution is 0.174. The number of hydrogen-bond donors (Lipinski definition) is 1. The van der Waals surface area contributed by atoms with E-state index in [4.69, 9.17) is 0 Å². The normalized spacial score (nSPS) is 12.5. The van der Waals surface area contributed by atoms with Gasteiger partial charge in [0.25, 0.3) is 0 Å². The molecule has 15 heavy (non-hydrogen) atoms. The SMILES string of the molecule is C=C(CC)CC(O)Cc1cccc(F)c1. The molecule has 1 rings (SSSR count). The van der Waals surface area contributed by atoms with Crippen molar-refractivity contribution in [3.05, 3.63) is 47.8 Å². The maximum absolute atomic E-state index is 12.8. The van der Waals surface area contributed by atoms with Crippen LogP contribution in [-0.4, -0.2) is 11.2 Å². The topological polar surface area (TPSA) is 20.2 Å². The number of aliphatic hydroxyl groups excluding tert-OH is 1. The molecule has 2 heteroatoms. The van der Waals surface area contributed by atoms with Crippen molar-refractivity contribution in [2.75, 3.05) is 0 Å². The Morgan fingerprint density at radius 3 is 2.87 bits per heavy atom. The molecule has 0 aromatic heterocycles. The van der Waals surface area contributed by atoms with Gasteiger partial charge >= 0.3 is 0 Å². The Morgan fingerprint density at radius 1 is 1.53 bits per heavy atom. The summed E-state index contributed by atoms with van der Waals surface area (Å²) >= 11 is 0. The molecular weight excluding hydrogens is 191 g/mol. The Hall–Kier alpha value is -1.15. The van der Waals surface area contributed by atoms with Crippen molar-refractivity contribution >= 4 is 0 Å². The molecule has 1 nitrogen and oxygen atoms in total. The van der Waals surface area contributed by atoms with E-state index >= 15 is 0 Å². The summed E-state index contributed by atoms with van der Waals surface area (Å²) in [7, 11) is 0.